The molecule has 0 aliphatic heterocycles. The Kier molecular flexibility index (Phi) is 5.78. The number of nitrogens with zero attached hydrogens (tertiary/aromatic N) is 1. The molecule has 0 spiro atoms. The summed E-state index contributed by atoms with van der Waals surface area (Å²) in [5, 5.41) is 4.02. The van der Waals surface area contributed by atoms with Gasteiger partial charge in [0.1, 0.15) is 0 Å². The summed E-state index contributed by atoms with van der Waals surface area (Å²) in [7, 11) is 4.64. The molecule has 0 aliphatic rings. The zero-order valence-electron chi connectivity index (χ0n) is 16.9. The van der Waals surface area contributed by atoms with E-state index in [0.717, 1.165) is 16.5 Å². The number of carbonyl (C=O) groups is 1. The molecule has 28 heavy (non-hydrogen) atoms. The van der Waals surface area contributed by atoms with Gasteiger partial charge in [-0.3, -0.25) is 4.79 Å². The third-order valence-electron chi connectivity index (χ3n) is 4.68. The Balaban J connectivity index is 1.86. The first-order valence-electron chi connectivity index (χ1n) is 9.16. The lowest BCUT2D eigenvalue weighted by Gasteiger charge is -2.14. The van der Waals surface area contributed by atoms with E-state index >= 15 is 0 Å². The highest BCUT2D eigenvalue weighted by Crippen LogP contribution is 2.40. The van der Waals surface area contributed by atoms with Gasteiger partial charge in [-0.05, 0) is 25.5 Å². The molecular formula is C22H26N2O4. The molecule has 6 nitrogen and oxygen atoms in total. The Morgan fingerprint density at radius 3 is 2.25 bits per heavy atom. The standard InChI is InChI=1S/C22H26N2O4/c1-14(2)24-13-15(17-8-6-7-9-18(17)24)10-21(25)23-16-11-19(26-3)22(28-5)20(12-16)27-4/h6-9,11-14H,10H2,1-5H3,(H,23,25). The van der Waals surface area contributed by atoms with Gasteiger partial charge >= 0.3 is 0 Å². The van der Waals surface area contributed by atoms with Gasteiger partial charge in [0.25, 0.3) is 0 Å². The molecule has 0 unspecified atom stereocenters. The van der Waals surface area contributed by atoms with E-state index in [0.29, 0.717) is 29.0 Å². The van der Waals surface area contributed by atoms with E-state index in [4.69, 9.17) is 14.2 Å². The van der Waals surface area contributed by atoms with Crippen molar-refractivity contribution in [3.8, 4) is 17.2 Å². The molecule has 0 atom stereocenters. The summed E-state index contributed by atoms with van der Waals surface area (Å²) >= 11 is 0. The van der Waals surface area contributed by atoms with E-state index in [-0.39, 0.29) is 12.3 Å². The van der Waals surface area contributed by atoms with Crippen molar-refractivity contribution in [3.63, 3.8) is 0 Å². The van der Waals surface area contributed by atoms with Crippen molar-refractivity contribution < 1.29 is 19.0 Å². The Hall–Kier alpha value is -3.15. The maximum Gasteiger partial charge on any atom is 0.228 e. The fourth-order valence-electron chi connectivity index (χ4n) is 3.38. The van der Waals surface area contributed by atoms with E-state index in [1.807, 2.05) is 12.1 Å². The summed E-state index contributed by atoms with van der Waals surface area (Å²) in [4.78, 5) is 12.7. The molecule has 3 aromatic rings. The summed E-state index contributed by atoms with van der Waals surface area (Å²) in [6.45, 7) is 4.26. The normalized spacial score (nSPS) is 10.9. The van der Waals surface area contributed by atoms with E-state index in [9.17, 15) is 4.79 Å². The van der Waals surface area contributed by atoms with E-state index < -0.39 is 0 Å². The van der Waals surface area contributed by atoms with Crippen LogP contribution in [0.1, 0.15) is 25.5 Å². The molecule has 3 rings (SSSR count). The molecule has 6 heteroatoms. The second kappa shape index (κ2) is 8.25. The van der Waals surface area contributed by atoms with Crippen molar-refractivity contribution in [1.82, 2.24) is 4.57 Å². The fourth-order valence-corrected chi connectivity index (χ4v) is 3.38. The molecule has 0 aliphatic carbocycles. The van der Waals surface area contributed by atoms with Gasteiger partial charge in [0, 0.05) is 41.0 Å². The molecule has 1 heterocycles. The number of benzene rings is 2. The highest BCUT2D eigenvalue weighted by atomic mass is 16.5. The number of methoxy groups -OCH3 is 3. The lowest BCUT2D eigenvalue weighted by atomic mass is 10.1. The predicted octanol–water partition coefficient (Wildman–Crippen LogP) is 4.43. The smallest absolute Gasteiger partial charge is 0.228 e. The highest BCUT2D eigenvalue weighted by molar-refractivity contribution is 5.96. The molecule has 0 bridgehead atoms. The number of hydrogen-bond acceptors (Lipinski definition) is 4. The van der Waals surface area contributed by atoms with Gasteiger partial charge in [0.15, 0.2) is 11.5 Å². The topological polar surface area (TPSA) is 61.7 Å². The van der Waals surface area contributed by atoms with Crippen LogP contribution in [0.5, 0.6) is 17.2 Å². The third kappa shape index (κ3) is 3.76. The van der Waals surface area contributed by atoms with Crippen molar-refractivity contribution >= 4 is 22.5 Å². The van der Waals surface area contributed by atoms with Crippen molar-refractivity contribution in [3.05, 3.63) is 48.2 Å². The van der Waals surface area contributed by atoms with Crippen molar-refractivity contribution in [2.24, 2.45) is 0 Å². The molecule has 1 aromatic heterocycles. The van der Waals surface area contributed by atoms with Crippen LogP contribution in [0.25, 0.3) is 10.9 Å². The van der Waals surface area contributed by atoms with E-state index in [1.165, 1.54) is 0 Å². The van der Waals surface area contributed by atoms with Crippen LogP contribution in [0.4, 0.5) is 5.69 Å². The van der Waals surface area contributed by atoms with Crippen LogP contribution in [-0.4, -0.2) is 31.8 Å². The average molecular weight is 382 g/mol. The molecule has 0 saturated carbocycles. The van der Waals surface area contributed by atoms with Crippen LogP contribution in [-0.2, 0) is 11.2 Å². The highest BCUT2D eigenvalue weighted by Gasteiger charge is 2.16. The summed E-state index contributed by atoms with van der Waals surface area (Å²) < 4.78 is 18.2. The average Bonchev–Trinajstić information content (AvgIpc) is 3.05. The minimum Gasteiger partial charge on any atom is -0.493 e. The second-order valence-electron chi connectivity index (χ2n) is 6.81. The number of aromatic nitrogens is 1. The molecule has 148 valence electrons. The first-order chi connectivity index (χ1) is 13.5. The summed E-state index contributed by atoms with van der Waals surface area (Å²) in [6, 6.07) is 11.9. The maximum absolute atomic E-state index is 12.7. The van der Waals surface area contributed by atoms with Crippen molar-refractivity contribution in [1.29, 1.82) is 0 Å². The Morgan fingerprint density at radius 1 is 1.04 bits per heavy atom. The fraction of sp³-hybridized carbons (Fsp3) is 0.318. The first kappa shape index (κ1) is 19.6. The van der Waals surface area contributed by atoms with Crippen LogP contribution >= 0.6 is 0 Å². The third-order valence-corrected chi connectivity index (χ3v) is 4.68. The summed E-state index contributed by atoms with van der Waals surface area (Å²) in [6.07, 6.45) is 2.33. The first-order valence-corrected chi connectivity index (χ1v) is 9.16. The Bertz CT molecular complexity index is 966. The lowest BCUT2D eigenvalue weighted by Crippen LogP contribution is -2.14. The Labute approximate surface area is 165 Å². The van der Waals surface area contributed by atoms with Gasteiger partial charge in [0.05, 0.1) is 27.8 Å². The largest absolute Gasteiger partial charge is 0.493 e. The van der Waals surface area contributed by atoms with Gasteiger partial charge in [0.2, 0.25) is 11.7 Å². The van der Waals surface area contributed by atoms with Crippen LogP contribution in [0.2, 0.25) is 0 Å². The SMILES string of the molecule is COc1cc(NC(=O)Cc2cn(C(C)C)c3ccccc23)cc(OC)c1OC. The number of anilines is 1. The number of rotatable bonds is 7. The number of carbonyl (C=O) groups excluding carboxylic acids is 1. The monoisotopic (exact) mass is 382 g/mol. The number of nitrogens with one attached hydrogen (secondary N) is 1. The number of hydrogen-bond donors (Lipinski definition) is 1. The zero-order chi connectivity index (χ0) is 20.3. The minimum atomic E-state index is -0.110. The lowest BCUT2D eigenvalue weighted by molar-refractivity contribution is -0.115. The number of amides is 1. The molecule has 2 aromatic carbocycles. The van der Waals surface area contributed by atoms with Crippen LogP contribution in [0.3, 0.4) is 0 Å². The zero-order valence-corrected chi connectivity index (χ0v) is 16.9. The van der Waals surface area contributed by atoms with Crippen LogP contribution < -0.4 is 19.5 Å². The number of ether oxygens (including phenoxy) is 3. The number of fused-ring (bicyclic) bond motifs is 1. The van der Waals surface area contributed by atoms with Gasteiger partial charge < -0.3 is 24.1 Å². The minimum absolute atomic E-state index is 0.110. The molecule has 0 saturated heterocycles. The van der Waals surface area contributed by atoms with Crippen molar-refractivity contribution in [2.75, 3.05) is 26.6 Å². The molecule has 0 radical (unpaired) electrons. The van der Waals surface area contributed by atoms with Crippen molar-refractivity contribution in [2.45, 2.75) is 26.3 Å². The molecule has 1 amide bonds. The van der Waals surface area contributed by atoms with E-state index in [1.54, 1.807) is 33.5 Å². The summed E-state index contributed by atoms with van der Waals surface area (Å²) in [5.41, 5.74) is 2.72. The van der Waals surface area contributed by atoms with Gasteiger partial charge in [-0.1, -0.05) is 18.2 Å². The quantitative estimate of drug-likeness (QED) is 0.657. The van der Waals surface area contributed by atoms with E-state index in [2.05, 4.69) is 42.1 Å². The molecule has 1 N–H and O–H groups in total. The second-order valence-corrected chi connectivity index (χ2v) is 6.81. The van der Waals surface area contributed by atoms with Gasteiger partial charge in [-0.15, -0.1) is 0 Å². The van der Waals surface area contributed by atoms with Gasteiger partial charge in [-0.2, -0.15) is 0 Å². The Morgan fingerprint density at radius 2 is 1.68 bits per heavy atom. The predicted molar refractivity (Wildman–Crippen MR) is 111 cm³/mol. The van der Waals surface area contributed by atoms with Gasteiger partial charge in [-0.25, -0.2) is 0 Å². The molecule has 0 fully saturated rings. The summed E-state index contributed by atoms with van der Waals surface area (Å²) in [5.74, 6) is 1.37. The number of para-hydroxylation sites is 1. The van der Waals surface area contributed by atoms with Crippen LogP contribution in [0, 0.1) is 0 Å². The molecular weight excluding hydrogens is 356 g/mol. The maximum atomic E-state index is 12.7. The van der Waals surface area contributed by atoms with Crippen LogP contribution in [0.15, 0.2) is 42.6 Å².